The molecule has 1 atom stereocenters. The van der Waals surface area contributed by atoms with Crippen LogP contribution in [0.25, 0.3) is 11.0 Å². The van der Waals surface area contributed by atoms with Crippen LogP contribution in [0, 0.1) is 6.92 Å². The van der Waals surface area contributed by atoms with Crippen LogP contribution in [0.1, 0.15) is 25.3 Å². The first-order chi connectivity index (χ1) is 12.4. The first kappa shape index (κ1) is 18.0. The fraction of sp³-hybridized carbons (Fsp3) is 0.421. The number of ether oxygens (including phenoxy) is 2. The van der Waals surface area contributed by atoms with Gasteiger partial charge in [0.05, 0.1) is 0 Å². The van der Waals surface area contributed by atoms with Crippen LogP contribution >= 0.6 is 0 Å². The Morgan fingerprint density at radius 2 is 1.96 bits per heavy atom. The summed E-state index contributed by atoms with van der Waals surface area (Å²) >= 11 is 0. The molecule has 2 aromatic rings. The van der Waals surface area contributed by atoms with Gasteiger partial charge in [-0.3, -0.25) is 4.79 Å². The Hall–Kier alpha value is -2.83. The van der Waals surface area contributed by atoms with Gasteiger partial charge >= 0.3 is 11.6 Å². The lowest BCUT2D eigenvalue weighted by atomic mass is 10.1. The number of benzene rings is 1. The maximum Gasteiger partial charge on any atom is 0.344 e. The average molecular weight is 359 g/mol. The third-order valence-electron chi connectivity index (χ3n) is 4.35. The van der Waals surface area contributed by atoms with E-state index in [4.69, 9.17) is 13.9 Å². The highest BCUT2D eigenvalue weighted by molar-refractivity contribution is 5.84. The van der Waals surface area contributed by atoms with Gasteiger partial charge in [0.25, 0.3) is 5.91 Å². The highest BCUT2D eigenvalue weighted by Crippen LogP contribution is 2.22. The van der Waals surface area contributed by atoms with Crippen LogP contribution in [0.4, 0.5) is 0 Å². The first-order valence-corrected chi connectivity index (χ1v) is 8.59. The van der Waals surface area contributed by atoms with Gasteiger partial charge in [-0.1, -0.05) is 0 Å². The summed E-state index contributed by atoms with van der Waals surface area (Å²) in [6.45, 7) is 4.46. The van der Waals surface area contributed by atoms with Gasteiger partial charge in [0.15, 0.2) is 12.7 Å². The fourth-order valence-electron chi connectivity index (χ4n) is 3.01. The van der Waals surface area contributed by atoms with E-state index in [1.807, 2.05) is 6.92 Å². The molecule has 2 heterocycles. The number of amides is 1. The fourth-order valence-corrected chi connectivity index (χ4v) is 3.01. The maximum absolute atomic E-state index is 12.1. The van der Waals surface area contributed by atoms with Gasteiger partial charge in [0.2, 0.25) is 0 Å². The standard InChI is InChI=1S/C19H21NO6/c1-12-9-17(21)26-16-10-14(5-6-15(12)16)24-11-18(22)25-13(2)19(23)20-7-3-4-8-20/h5-6,9-10,13H,3-4,7-8,11H2,1-2H3/t13-/m0/s1. The molecule has 1 aromatic carbocycles. The summed E-state index contributed by atoms with van der Waals surface area (Å²) in [4.78, 5) is 37.2. The van der Waals surface area contributed by atoms with Crippen molar-refractivity contribution >= 4 is 22.8 Å². The van der Waals surface area contributed by atoms with Crippen molar-refractivity contribution in [2.75, 3.05) is 19.7 Å². The van der Waals surface area contributed by atoms with E-state index in [1.165, 1.54) is 6.07 Å². The molecule has 0 unspecified atom stereocenters. The molecule has 0 saturated carbocycles. The van der Waals surface area contributed by atoms with Gasteiger partial charge in [-0.15, -0.1) is 0 Å². The second kappa shape index (κ2) is 7.59. The van der Waals surface area contributed by atoms with Gasteiger partial charge in [0, 0.05) is 30.6 Å². The van der Waals surface area contributed by atoms with E-state index in [2.05, 4.69) is 0 Å². The molecule has 7 nitrogen and oxygen atoms in total. The number of hydrogen-bond donors (Lipinski definition) is 0. The Kier molecular flexibility index (Phi) is 5.25. The van der Waals surface area contributed by atoms with Gasteiger partial charge in [-0.25, -0.2) is 9.59 Å². The molecule has 1 aliphatic rings. The minimum absolute atomic E-state index is 0.182. The third-order valence-corrected chi connectivity index (χ3v) is 4.35. The molecule has 1 saturated heterocycles. The third kappa shape index (κ3) is 4.04. The van der Waals surface area contributed by atoms with Crippen molar-refractivity contribution in [2.45, 2.75) is 32.8 Å². The Morgan fingerprint density at radius 3 is 2.69 bits per heavy atom. The summed E-state index contributed by atoms with van der Waals surface area (Å²) in [6.07, 6.45) is 1.13. The molecule has 1 fully saturated rings. The lowest BCUT2D eigenvalue weighted by molar-refractivity contribution is -0.160. The summed E-state index contributed by atoms with van der Waals surface area (Å²) in [5.74, 6) is -0.434. The van der Waals surface area contributed by atoms with Crippen molar-refractivity contribution in [3.8, 4) is 5.75 Å². The van der Waals surface area contributed by atoms with Crippen LogP contribution in [-0.2, 0) is 14.3 Å². The van der Waals surface area contributed by atoms with Gasteiger partial charge in [-0.05, 0) is 44.4 Å². The molecule has 1 aliphatic heterocycles. The van der Waals surface area contributed by atoms with Crippen LogP contribution in [0.5, 0.6) is 5.75 Å². The summed E-state index contributed by atoms with van der Waals surface area (Å²) < 4.78 is 15.7. The van der Waals surface area contributed by atoms with E-state index in [-0.39, 0.29) is 12.5 Å². The second-order valence-corrected chi connectivity index (χ2v) is 6.36. The number of carbonyl (C=O) groups is 2. The summed E-state index contributed by atoms with van der Waals surface area (Å²) in [5.41, 5.74) is 0.746. The van der Waals surface area contributed by atoms with Crippen LogP contribution in [0.2, 0.25) is 0 Å². The Bertz CT molecular complexity index is 881. The molecule has 0 N–H and O–H groups in total. The number of nitrogens with zero attached hydrogens (tertiary/aromatic N) is 1. The van der Waals surface area contributed by atoms with Crippen molar-refractivity contribution in [1.82, 2.24) is 4.90 Å². The van der Waals surface area contributed by atoms with Crippen molar-refractivity contribution in [2.24, 2.45) is 0 Å². The Morgan fingerprint density at radius 1 is 1.23 bits per heavy atom. The molecule has 1 amide bonds. The van der Waals surface area contributed by atoms with E-state index in [0.29, 0.717) is 24.4 Å². The lowest BCUT2D eigenvalue weighted by Gasteiger charge is -2.20. The minimum Gasteiger partial charge on any atom is -0.482 e. The Balaban J connectivity index is 1.58. The number of esters is 1. The predicted molar refractivity (Wildman–Crippen MR) is 94.1 cm³/mol. The van der Waals surface area contributed by atoms with Crippen molar-refractivity contribution in [3.05, 3.63) is 40.2 Å². The molecular weight excluding hydrogens is 338 g/mol. The highest BCUT2D eigenvalue weighted by atomic mass is 16.6. The summed E-state index contributed by atoms with van der Waals surface area (Å²) in [6, 6.07) is 6.41. The van der Waals surface area contributed by atoms with Crippen molar-refractivity contribution in [3.63, 3.8) is 0 Å². The van der Waals surface area contributed by atoms with Gasteiger partial charge < -0.3 is 18.8 Å². The maximum atomic E-state index is 12.1. The van der Waals surface area contributed by atoms with Crippen molar-refractivity contribution < 1.29 is 23.5 Å². The summed E-state index contributed by atoms with van der Waals surface area (Å²) in [7, 11) is 0. The van der Waals surface area contributed by atoms with E-state index < -0.39 is 17.7 Å². The zero-order chi connectivity index (χ0) is 18.7. The molecule has 7 heteroatoms. The predicted octanol–water partition coefficient (Wildman–Crippen LogP) is 2.03. The molecule has 138 valence electrons. The molecule has 1 aromatic heterocycles. The number of rotatable bonds is 5. The monoisotopic (exact) mass is 359 g/mol. The van der Waals surface area contributed by atoms with Crippen LogP contribution in [0.3, 0.4) is 0 Å². The van der Waals surface area contributed by atoms with E-state index in [9.17, 15) is 14.4 Å². The van der Waals surface area contributed by atoms with Gasteiger partial charge in [-0.2, -0.15) is 0 Å². The van der Waals surface area contributed by atoms with Crippen molar-refractivity contribution in [1.29, 1.82) is 0 Å². The Labute approximate surface area is 150 Å². The minimum atomic E-state index is -0.832. The smallest absolute Gasteiger partial charge is 0.344 e. The van der Waals surface area contributed by atoms with Crippen LogP contribution in [0.15, 0.2) is 33.5 Å². The van der Waals surface area contributed by atoms with E-state index in [1.54, 1.807) is 30.0 Å². The lowest BCUT2D eigenvalue weighted by Crippen LogP contribution is -2.38. The molecule has 0 radical (unpaired) electrons. The normalized spacial score (nSPS) is 15.1. The first-order valence-electron chi connectivity index (χ1n) is 8.59. The molecule has 0 spiro atoms. The molecule has 3 rings (SSSR count). The van der Waals surface area contributed by atoms with E-state index in [0.717, 1.165) is 23.8 Å². The molecular formula is C19H21NO6. The van der Waals surface area contributed by atoms with Gasteiger partial charge in [0.1, 0.15) is 11.3 Å². The largest absolute Gasteiger partial charge is 0.482 e. The summed E-state index contributed by atoms with van der Waals surface area (Å²) in [5, 5.41) is 0.796. The van der Waals surface area contributed by atoms with Crippen LogP contribution in [-0.4, -0.2) is 42.6 Å². The molecule has 0 bridgehead atoms. The zero-order valence-corrected chi connectivity index (χ0v) is 14.8. The molecule has 0 aliphatic carbocycles. The number of hydrogen-bond acceptors (Lipinski definition) is 6. The SMILES string of the molecule is Cc1cc(=O)oc2cc(OCC(=O)O[C@@H](C)C(=O)N3CCCC3)ccc12. The van der Waals surface area contributed by atoms with E-state index >= 15 is 0 Å². The quantitative estimate of drug-likeness (QED) is 0.600. The number of likely N-dealkylation sites (tertiary alicyclic amines) is 1. The average Bonchev–Trinajstić information content (AvgIpc) is 3.13. The number of carbonyl (C=O) groups excluding carboxylic acids is 2. The topological polar surface area (TPSA) is 86.0 Å². The second-order valence-electron chi connectivity index (χ2n) is 6.36. The number of aryl methyl sites for hydroxylation is 1. The number of fused-ring (bicyclic) bond motifs is 1. The van der Waals surface area contributed by atoms with Crippen LogP contribution < -0.4 is 10.4 Å². The zero-order valence-electron chi connectivity index (χ0n) is 14.8. The molecule has 26 heavy (non-hydrogen) atoms. The highest BCUT2D eigenvalue weighted by Gasteiger charge is 2.26.